The van der Waals surface area contributed by atoms with E-state index in [0.717, 1.165) is 23.1 Å². The van der Waals surface area contributed by atoms with Crippen molar-refractivity contribution in [2.24, 2.45) is 0 Å². The second-order valence-electron chi connectivity index (χ2n) is 5.32. The number of hydrogen-bond donors (Lipinski definition) is 1. The quantitative estimate of drug-likeness (QED) is 0.913. The highest BCUT2D eigenvalue weighted by atomic mass is 32.2. The summed E-state index contributed by atoms with van der Waals surface area (Å²) in [5.74, 6) is 0.523. The standard InChI is InChI=1S/C17H19NO4S/c1-12-4-9-15(23(3,20)21)11-16(12)18-17(19)10-13-5-7-14(22-2)8-6-13/h4-9,11H,10H2,1-3H3,(H,18,19). The summed E-state index contributed by atoms with van der Waals surface area (Å²) in [6.07, 6.45) is 1.34. The molecule has 2 aromatic carbocycles. The van der Waals surface area contributed by atoms with Crippen molar-refractivity contribution in [3.8, 4) is 5.75 Å². The van der Waals surface area contributed by atoms with Crippen molar-refractivity contribution >= 4 is 21.4 Å². The van der Waals surface area contributed by atoms with Gasteiger partial charge in [0.05, 0.1) is 18.4 Å². The van der Waals surface area contributed by atoms with Crippen LogP contribution in [0.2, 0.25) is 0 Å². The Morgan fingerprint density at radius 2 is 1.78 bits per heavy atom. The van der Waals surface area contributed by atoms with E-state index < -0.39 is 9.84 Å². The Hall–Kier alpha value is -2.34. The Balaban J connectivity index is 2.13. The van der Waals surface area contributed by atoms with Crippen LogP contribution in [0.3, 0.4) is 0 Å². The fourth-order valence-electron chi connectivity index (χ4n) is 2.09. The number of benzene rings is 2. The maximum absolute atomic E-state index is 12.2. The zero-order chi connectivity index (χ0) is 17.0. The molecule has 23 heavy (non-hydrogen) atoms. The van der Waals surface area contributed by atoms with Crippen molar-refractivity contribution in [2.75, 3.05) is 18.7 Å². The van der Waals surface area contributed by atoms with Crippen LogP contribution in [0.25, 0.3) is 0 Å². The lowest BCUT2D eigenvalue weighted by atomic mass is 10.1. The van der Waals surface area contributed by atoms with Crippen molar-refractivity contribution in [3.63, 3.8) is 0 Å². The van der Waals surface area contributed by atoms with E-state index in [2.05, 4.69) is 5.32 Å². The van der Waals surface area contributed by atoms with Gasteiger partial charge in [-0.25, -0.2) is 8.42 Å². The molecule has 0 atom stereocenters. The Bertz CT molecular complexity index is 811. The molecule has 0 aliphatic rings. The van der Waals surface area contributed by atoms with Gasteiger partial charge in [-0.2, -0.15) is 0 Å². The van der Waals surface area contributed by atoms with Crippen molar-refractivity contribution in [1.82, 2.24) is 0 Å². The smallest absolute Gasteiger partial charge is 0.228 e. The monoisotopic (exact) mass is 333 g/mol. The summed E-state index contributed by atoms with van der Waals surface area (Å²) in [4.78, 5) is 12.3. The number of nitrogens with one attached hydrogen (secondary N) is 1. The van der Waals surface area contributed by atoms with Gasteiger partial charge in [0.1, 0.15) is 5.75 Å². The summed E-state index contributed by atoms with van der Waals surface area (Å²) in [7, 11) is -1.73. The molecular weight excluding hydrogens is 314 g/mol. The van der Waals surface area contributed by atoms with Crippen molar-refractivity contribution in [3.05, 3.63) is 53.6 Å². The van der Waals surface area contributed by atoms with Crippen molar-refractivity contribution in [1.29, 1.82) is 0 Å². The van der Waals surface area contributed by atoms with Gasteiger partial charge in [0.25, 0.3) is 0 Å². The molecule has 2 rings (SSSR count). The highest BCUT2D eigenvalue weighted by Crippen LogP contribution is 2.20. The molecule has 0 radical (unpaired) electrons. The van der Waals surface area contributed by atoms with Crippen LogP contribution in [0.1, 0.15) is 11.1 Å². The SMILES string of the molecule is COc1ccc(CC(=O)Nc2cc(S(C)(=O)=O)ccc2C)cc1. The first-order chi connectivity index (χ1) is 10.8. The molecule has 0 saturated heterocycles. The molecule has 0 unspecified atom stereocenters. The van der Waals surface area contributed by atoms with E-state index >= 15 is 0 Å². The van der Waals surface area contributed by atoms with Crippen LogP contribution in [-0.4, -0.2) is 27.7 Å². The lowest BCUT2D eigenvalue weighted by Gasteiger charge is -2.10. The number of methoxy groups -OCH3 is 1. The predicted molar refractivity (Wildman–Crippen MR) is 89.6 cm³/mol. The molecule has 5 nitrogen and oxygen atoms in total. The third-order valence-electron chi connectivity index (χ3n) is 3.44. The molecule has 1 N–H and O–H groups in total. The largest absolute Gasteiger partial charge is 0.497 e. The Morgan fingerprint density at radius 1 is 1.13 bits per heavy atom. The summed E-state index contributed by atoms with van der Waals surface area (Å²) < 4.78 is 28.3. The molecule has 0 aliphatic heterocycles. The Labute approximate surface area is 136 Å². The first-order valence-electron chi connectivity index (χ1n) is 7.03. The first-order valence-corrected chi connectivity index (χ1v) is 8.92. The number of aryl methyl sites for hydroxylation is 1. The molecule has 0 fully saturated rings. The zero-order valence-electron chi connectivity index (χ0n) is 13.3. The lowest BCUT2D eigenvalue weighted by Crippen LogP contribution is -2.15. The average Bonchev–Trinajstić information content (AvgIpc) is 2.49. The molecule has 6 heteroatoms. The second-order valence-corrected chi connectivity index (χ2v) is 7.34. The van der Waals surface area contributed by atoms with Crippen LogP contribution < -0.4 is 10.1 Å². The number of amides is 1. The maximum atomic E-state index is 12.2. The molecule has 0 saturated carbocycles. The van der Waals surface area contributed by atoms with Gasteiger partial charge < -0.3 is 10.1 Å². The van der Waals surface area contributed by atoms with Gasteiger partial charge in [-0.3, -0.25) is 4.79 Å². The number of sulfone groups is 1. The number of hydrogen-bond acceptors (Lipinski definition) is 4. The molecule has 0 spiro atoms. The van der Waals surface area contributed by atoms with E-state index in [-0.39, 0.29) is 17.2 Å². The van der Waals surface area contributed by atoms with Crippen LogP contribution in [-0.2, 0) is 21.1 Å². The van der Waals surface area contributed by atoms with Gasteiger partial charge in [-0.05, 0) is 42.3 Å². The highest BCUT2D eigenvalue weighted by molar-refractivity contribution is 7.90. The van der Waals surface area contributed by atoms with Gasteiger partial charge in [0.15, 0.2) is 9.84 Å². The van der Waals surface area contributed by atoms with Gasteiger partial charge in [0.2, 0.25) is 5.91 Å². The fourth-order valence-corrected chi connectivity index (χ4v) is 2.74. The van der Waals surface area contributed by atoms with E-state index in [4.69, 9.17) is 4.74 Å². The molecule has 0 aromatic heterocycles. The number of carbonyl (C=O) groups excluding carboxylic acids is 1. The molecule has 1 amide bonds. The third-order valence-corrected chi connectivity index (χ3v) is 4.55. The van der Waals surface area contributed by atoms with Crippen LogP contribution in [0.5, 0.6) is 5.75 Å². The van der Waals surface area contributed by atoms with E-state index in [1.54, 1.807) is 25.3 Å². The summed E-state index contributed by atoms with van der Waals surface area (Å²) in [6.45, 7) is 1.81. The average molecular weight is 333 g/mol. The Kier molecular flexibility index (Phi) is 5.05. The van der Waals surface area contributed by atoms with E-state index in [9.17, 15) is 13.2 Å². The van der Waals surface area contributed by atoms with Crippen LogP contribution in [0.4, 0.5) is 5.69 Å². The third kappa shape index (κ3) is 4.56. The minimum Gasteiger partial charge on any atom is -0.497 e. The maximum Gasteiger partial charge on any atom is 0.228 e. The van der Waals surface area contributed by atoms with E-state index in [1.165, 1.54) is 12.1 Å². The van der Waals surface area contributed by atoms with Crippen LogP contribution >= 0.6 is 0 Å². The fraction of sp³-hybridized carbons (Fsp3) is 0.235. The van der Waals surface area contributed by atoms with Crippen molar-refractivity contribution < 1.29 is 17.9 Å². The summed E-state index contributed by atoms with van der Waals surface area (Å²) in [5, 5.41) is 2.77. The van der Waals surface area contributed by atoms with Crippen LogP contribution in [0.15, 0.2) is 47.4 Å². The van der Waals surface area contributed by atoms with E-state index in [0.29, 0.717) is 5.69 Å². The molecule has 0 heterocycles. The summed E-state index contributed by atoms with van der Waals surface area (Å²) in [5.41, 5.74) is 2.16. The Morgan fingerprint density at radius 3 is 2.35 bits per heavy atom. The number of ether oxygens (including phenoxy) is 1. The minimum atomic E-state index is -3.31. The van der Waals surface area contributed by atoms with Gasteiger partial charge in [-0.1, -0.05) is 18.2 Å². The molecule has 0 aliphatic carbocycles. The van der Waals surface area contributed by atoms with Gasteiger partial charge in [-0.15, -0.1) is 0 Å². The minimum absolute atomic E-state index is 0.183. The van der Waals surface area contributed by atoms with Gasteiger partial charge >= 0.3 is 0 Å². The number of carbonyl (C=O) groups is 1. The number of anilines is 1. The normalized spacial score (nSPS) is 11.1. The second kappa shape index (κ2) is 6.83. The zero-order valence-corrected chi connectivity index (χ0v) is 14.1. The lowest BCUT2D eigenvalue weighted by molar-refractivity contribution is -0.115. The molecule has 2 aromatic rings. The topological polar surface area (TPSA) is 72.5 Å². The van der Waals surface area contributed by atoms with Gasteiger partial charge in [0, 0.05) is 11.9 Å². The summed E-state index contributed by atoms with van der Waals surface area (Å²) in [6, 6.07) is 11.9. The molecule has 0 bridgehead atoms. The predicted octanol–water partition coefficient (Wildman–Crippen LogP) is 2.59. The number of rotatable bonds is 5. The highest BCUT2D eigenvalue weighted by Gasteiger charge is 2.11. The van der Waals surface area contributed by atoms with Crippen molar-refractivity contribution in [2.45, 2.75) is 18.2 Å². The summed E-state index contributed by atoms with van der Waals surface area (Å²) >= 11 is 0. The molecule has 122 valence electrons. The molecular formula is C17H19NO4S. The first kappa shape index (κ1) is 17.0. The van der Waals surface area contributed by atoms with Crippen LogP contribution in [0, 0.1) is 6.92 Å². The van der Waals surface area contributed by atoms with E-state index in [1.807, 2.05) is 19.1 Å².